The summed E-state index contributed by atoms with van der Waals surface area (Å²) in [5.74, 6) is 0. The van der Waals surface area contributed by atoms with Gasteiger partial charge in [0.15, 0.2) is 0 Å². The number of allylic oxidation sites excluding steroid dienone is 5. The van der Waals surface area contributed by atoms with Crippen LogP contribution >= 0.6 is 34.8 Å². The number of nitrogens with two attached hydrogens (primary N) is 1. The van der Waals surface area contributed by atoms with Crippen molar-refractivity contribution in [2.24, 2.45) is 5.73 Å². The lowest BCUT2D eigenvalue weighted by atomic mass is 9.87. The number of thiocarbonyl (C=S) groups is 1. The Kier molecular flexibility index (Phi) is 15.0. The summed E-state index contributed by atoms with van der Waals surface area (Å²) in [4.78, 5) is 6.33. The Morgan fingerprint density at radius 1 is 1.00 bits per heavy atom. The summed E-state index contributed by atoms with van der Waals surface area (Å²) >= 11 is 7.24. The highest BCUT2D eigenvalue weighted by molar-refractivity contribution is 14.1. The number of aromatic nitrogens is 1. The Balaban J connectivity index is 0.00000212. The summed E-state index contributed by atoms with van der Waals surface area (Å²) < 4.78 is 0. The van der Waals surface area contributed by atoms with Crippen LogP contribution in [0.2, 0.25) is 0 Å². The molecule has 0 aliphatic rings. The maximum absolute atomic E-state index is 8.87. The zero-order valence-electron chi connectivity index (χ0n) is 18.7. The molecule has 0 aliphatic carbocycles. The van der Waals surface area contributed by atoms with E-state index in [-0.39, 0.29) is 16.4 Å². The van der Waals surface area contributed by atoms with Gasteiger partial charge in [-0.2, -0.15) is 0 Å². The lowest BCUT2D eigenvalue weighted by molar-refractivity contribution is 1.27. The SMILES string of the molecule is CC.CI.C\C=C/C(=C\C)C(/C(=N)c1ccccc1)=C(/C(=N)C(N)=S)c1ccccn1. The van der Waals surface area contributed by atoms with Gasteiger partial charge in [0.1, 0.15) is 4.99 Å². The number of nitrogens with one attached hydrogen (secondary N) is 2. The van der Waals surface area contributed by atoms with Crippen LogP contribution in [0.3, 0.4) is 0 Å². The van der Waals surface area contributed by atoms with Crippen LogP contribution in [0.15, 0.2) is 84.1 Å². The molecule has 164 valence electrons. The smallest absolute Gasteiger partial charge is 0.122 e. The van der Waals surface area contributed by atoms with Gasteiger partial charge in [-0.3, -0.25) is 15.8 Å². The third-order valence-electron chi connectivity index (χ3n) is 3.93. The monoisotopic (exact) mass is 546 g/mol. The van der Waals surface area contributed by atoms with Crippen LogP contribution in [0.4, 0.5) is 0 Å². The summed E-state index contributed by atoms with van der Waals surface area (Å²) in [5.41, 5.74) is 9.18. The minimum Gasteiger partial charge on any atom is -0.388 e. The van der Waals surface area contributed by atoms with Gasteiger partial charge in [-0.1, -0.05) is 103 Å². The summed E-state index contributed by atoms with van der Waals surface area (Å²) in [7, 11) is 0. The number of hydrogen-bond donors (Lipinski definition) is 3. The number of alkyl halides is 1. The second-order valence-corrected chi connectivity index (χ2v) is 6.13. The molecule has 2 aromatic rings. The van der Waals surface area contributed by atoms with E-state index in [2.05, 4.69) is 27.6 Å². The molecule has 1 aromatic heterocycles. The van der Waals surface area contributed by atoms with Crippen molar-refractivity contribution in [3.05, 3.63) is 95.4 Å². The zero-order chi connectivity index (χ0) is 23.8. The lowest BCUT2D eigenvalue weighted by Crippen LogP contribution is -2.24. The van der Waals surface area contributed by atoms with Gasteiger partial charge in [0.25, 0.3) is 0 Å². The summed E-state index contributed by atoms with van der Waals surface area (Å²) in [6, 6.07) is 14.8. The minimum atomic E-state index is -0.0371. The standard InChI is InChI=1S/C22H22N4S.C2H6.CH3I/c1-3-10-15(4-2)18(20(23)16-11-6-5-7-12-16)19(21(24)22(25)27)17-13-8-9-14-26-17;2*1-2/h3-14,23-24H,1-2H3,(H2,25,27);1-2H3;1H3/b10-3-,15-4+,19-18-,23-20?,24-21?;;. The highest BCUT2D eigenvalue weighted by atomic mass is 127. The van der Waals surface area contributed by atoms with E-state index >= 15 is 0 Å². The quantitative estimate of drug-likeness (QED) is 0.117. The van der Waals surface area contributed by atoms with Crippen LogP contribution in [-0.4, -0.2) is 26.3 Å². The van der Waals surface area contributed by atoms with Gasteiger partial charge >= 0.3 is 0 Å². The van der Waals surface area contributed by atoms with Gasteiger partial charge in [0, 0.05) is 22.9 Å². The molecule has 1 heterocycles. The molecule has 2 rings (SSSR count). The molecule has 0 amide bonds. The van der Waals surface area contributed by atoms with E-state index in [4.69, 9.17) is 28.8 Å². The molecule has 0 radical (unpaired) electrons. The maximum atomic E-state index is 8.87. The Labute approximate surface area is 205 Å². The number of benzene rings is 1. The Hall–Kier alpha value is -2.45. The van der Waals surface area contributed by atoms with Crippen molar-refractivity contribution in [3.63, 3.8) is 0 Å². The molecule has 0 saturated carbocycles. The first-order valence-electron chi connectivity index (χ1n) is 9.87. The average molecular weight is 547 g/mol. The Bertz CT molecular complexity index is 946. The van der Waals surface area contributed by atoms with Crippen molar-refractivity contribution in [2.45, 2.75) is 27.7 Å². The molecule has 6 heteroatoms. The number of halogens is 1. The molecule has 31 heavy (non-hydrogen) atoms. The Morgan fingerprint density at radius 3 is 2.03 bits per heavy atom. The van der Waals surface area contributed by atoms with Crippen LogP contribution in [-0.2, 0) is 0 Å². The number of nitrogens with zero attached hydrogens (tertiary/aromatic N) is 1. The van der Waals surface area contributed by atoms with Crippen molar-refractivity contribution in [1.82, 2.24) is 4.98 Å². The molecule has 0 unspecified atom stereocenters. The number of pyridine rings is 1. The summed E-state index contributed by atoms with van der Waals surface area (Å²) in [6.07, 6.45) is 7.36. The van der Waals surface area contributed by atoms with Crippen LogP contribution in [0.25, 0.3) is 5.57 Å². The average Bonchev–Trinajstić information content (AvgIpc) is 2.84. The van der Waals surface area contributed by atoms with E-state index < -0.39 is 0 Å². The third kappa shape index (κ3) is 8.30. The molecule has 0 aliphatic heterocycles. The zero-order valence-corrected chi connectivity index (χ0v) is 21.7. The number of rotatable bonds is 7. The van der Waals surface area contributed by atoms with Crippen LogP contribution in [0, 0.1) is 10.8 Å². The van der Waals surface area contributed by atoms with E-state index in [9.17, 15) is 0 Å². The fraction of sp³-hybridized carbons (Fsp3) is 0.200. The first-order chi connectivity index (χ1) is 15.0. The van der Waals surface area contributed by atoms with Crippen molar-refractivity contribution in [3.8, 4) is 0 Å². The second kappa shape index (κ2) is 16.3. The van der Waals surface area contributed by atoms with Crippen LogP contribution in [0.1, 0.15) is 39.0 Å². The lowest BCUT2D eigenvalue weighted by Gasteiger charge is -2.18. The molecule has 0 atom stereocenters. The maximum Gasteiger partial charge on any atom is 0.122 e. The van der Waals surface area contributed by atoms with Crippen LogP contribution < -0.4 is 5.73 Å². The fourth-order valence-corrected chi connectivity index (χ4v) is 2.78. The minimum absolute atomic E-state index is 0.0109. The summed E-state index contributed by atoms with van der Waals surface area (Å²) in [6.45, 7) is 7.81. The van der Waals surface area contributed by atoms with Crippen molar-refractivity contribution in [2.75, 3.05) is 4.93 Å². The van der Waals surface area contributed by atoms with E-state index in [1.165, 1.54) is 0 Å². The molecule has 0 spiro atoms. The van der Waals surface area contributed by atoms with Gasteiger partial charge in [-0.25, -0.2) is 0 Å². The predicted octanol–water partition coefficient (Wildman–Crippen LogP) is 6.81. The van der Waals surface area contributed by atoms with Crippen LogP contribution in [0.5, 0.6) is 0 Å². The van der Waals surface area contributed by atoms with Gasteiger partial charge in [0.05, 0.1) is 17.1 Å². The first-order valence-corrected chi connectivity index (χ1v) is 12.4. The van der Waals surface area contributed by atoms with Gasteiger partial charge < -0.3 is 5.73 Å². The second-order valence-electron chi connectivity index (χ2n) is 5.69. The fourth-order valence-electron chi connectivity index (χ4n) is 2.68. The molecule has 4 N–H and O–H groups in total. The van der Waals surface area contributed by atoms with Crippen molar-refractivity contribution in [1.29, 1.82) is 10.8 Å². The van der Waals surface area contributed by atoms with E-state index in [1.54, 1.807) is 18.3 Å². The van der Waals surface area contributed by atoms with Crippen molar-refractivity contribution < 1.29 is 0 Å². The van der Waals surface area contributed by atoms with Crippen molar-refractivity contribution >= 4 is 56.8 Å². The Morgan fingerprint density at radius 2 is 1.58 bits per heavy atom. The molecular weight excluding hydrogens is 515 g/mol. The summed E-state index contributed by atoms with van der Waals surface area (Å²) in [5, 5.41) is 17.4. The molecular formula is C25H31IN4S. The van der Waals surface area contributed by atoms with E-state index in [0.29, 0.717) is 16.8 Å². The van der Waals surface area contributed by atoms with Gasteiger partial charge in [-0.05, 0) is 36.5 Å². The molecule has 0 fully saturated rings. The van der Waals surface area contributed by atoms with Gasteiger partial charge in [-0.15, -0.1) is 0 Å². The van der Waals surface area contributed by atoms with E-state index in [0.717, 1.165) is 11.1 Å². The topological polar surface area (TPSA) is 86.6 Å². The first kappa shape index (κ1) is 28.5. The molecule has 0 saturated heterocycles. The predicted molar refractivity (Wildman–Crippen MR) is 149 cm³/mol. The molecule has 0 bridgehead atoms. The van der Waals surface area contributed by atoms with Gasteiger partial charge in [0.2, 0.25) is 0 Å². The highest BCUT2D eigenvalue weighted by Crippen LogP contribution is 2.28. The number of hydrogen-bond acceptors (Lipinski definition) is 4. The molecule has 4 nitrogen and oxygen atoms in total. The third-order valence-corrected chi connectivity index (χ3v) is 4.13. The largest absolute Gasteiger partial charge is 0.388 e. The molecule has 1 aromatic carbocycles. The van der Waals surface area contributed by atoms with E-state index in [1.807, 2.05) is 87.3 Å². The normalized spacial score (nSPS) is 11.4. The highest BCUT2D eigenvalue weighted by Gasteiger charge is 2.23.